The molecule has 20 heavy (non-hydrogen) atoms. The summed E-state index contributed by atoms with van der Waals surface area (Å²) in [4.78, 5) is 8.75. The van der Waals surface area contributed by atoms with Crippen molar-refractivity contribution in [3.05, 3.63) is 52.6 Å². The quantitative estimate of drug-likeness (QED) is 0.652. The molecule has 0 aliphatic carbocycles. The maximum absolute atomic E-state index is 9.46. The predicted octanol–water partition coefficient (Wildman–Crippen LogP) is 2.32. The first-order chi connectivity index (χ1) is 9.85. The Morgan fingerprint density at radius 3 is 3.10 bits per heavy atom. The van der Waals surface area contributed by atoms with Gasteiger partial charge in [0, 0.05) is 46.5 Å². The first-order valence-electron chi connectivity index (χ1n) is 6.63. The van der Waals surface area contributed by atoms with Crippen LogP contribution in [0.3, 0.4) is 0 Å². The van der Waals surface area contributed by atoms with Gasteiger partial charge in [-0.3, -0.25) is 4.98 Å². The highest BCUT2D eigenvalue weighted by molar-refractivity contribution is 7.09. The molecule has 4 nitrogen and oxygen atoms in total. The Bertz CT molecular complexity index is 630. The summed E-state index contributed by atoms with van der Waals surface area (Å²) < 4.78 is 0. The third-order valence-corrected chi connectivity index (χ3v) is 4.20. The zero-order chi connectivity index (χ0) is 13.8. The van der Waals surface area contributed by atoms with Gasteiger partial charge in [0.05, 0.1) is 6.61 Å². The van der Waals surface area contributed by atoms with Crippen LogP contribution in [0.5, 0.6) is 0 Å². The molecule has 0 spiro atoms. The molecule has 0 aliphatic rings. The predicted molar refractivity (Wildman–Crippen MR) is 81.8 cm³/mol. The van der Waals surface area contributed by atoms with E-state index in [1.54, 1.807) is 17.5 Å². The van der Waals surface area contributed by atoms with Gasteiger partial charge >= 0.3 is 0 Å². The number of nitrogens with one attached hydrogen (secondary N) is 2. The third-order valence-electron chi connectivity index (χ3n) is 3.31. The van der Waals surface area contributed by atoms with Gasteiger partial charge < -0.3 is 15.4 Å². The molecule has 3 rings (SSSR count). The molecule has 1 atom stereocenters. The van der Waals surface area contributed by atoms with Crippen molar-refractivity contribution in [2.45, 2.75) is 19.0 Å². The van der Waals surface area contributed by atoms with Crippen LogP contribution in [0.4, 0.5) is 0 Å². The largest absolute Gasteiger partial charge is 0.395 e. The third kappa shape index (κ3) is 3.07. The highest BCUT2D eigenvalue weighted by Gasteiger charge is 2.09. The number of pyridine rings is 1. The summed E-state index contributed by atoms with van der Waals surface area (Å²) in [6, 6.07) is 8.28. The molecule has 0 aliphatic heterocycles. The standard InChI is InChI=1S/C15H17N3OS/c19-10-13(7-14-2-1-5-20-14)17-9-12-6-11-8-16-4-3-15(11)18-12/h1-6,8,13,17-19H,7,9-10H2. The van der Waals surface area contributed by atoms with Crippen LogP contribution in [-0.4, -0.2) is 27.7 Å². The number of aromatic amines is 1. The van der Waals surface area contributed by atoms with Gasteiger partial charge in [-0.15, -0.1) is 11.3 Å². The van der Waals surface area contributed by atoms with Crippen LogP contribution in [0.1, 0.15) is 10.6 Å². The number of fused-ring (bicyclic) bond motifs is 1. The number of H-pyrrole nitrogens is 1. The minimum absolute atomic E-state index is 0.0817. The summed E-state index contributed by atoms with van der Waals surface area (Å²) in [5.74, 6) is 0. The lowest BCUT2D eigenvalue weighted by atomic mass is 10.2. The van der Waals surface area contributed by atoms with E-state index >= 15 is 0 Å². The lowest BCUT2D eigenvalue weighted by Gasteiger charge is -2.14. The Kier molecular flexibility index (Phi) is 4.11. The molecule has 0 fully saturated rings. The second-order valence-corrected chi connectivity index (χ2v) is 5.83. The Balaban J connectivity index is 1.62. The van der Waals surface area contributed by atoms with Gasteiger partial charge in [-0.05, 0) is 30.0 Å². The molecule has 0 saturated carbocycles. The van der Waals surface area contributed by atoms with Crippen molar-refractivity contribution in [3.63, 3.8) is 0 Å². The van der Waals surface area contributed by atoms with Gasteiger partial charge in [0.15, 0.2) is 0 Å². The van der Waals surface area contributed by atoms with E-state index in [1.807, 2.05) is 18.3 Å². The van der Waals surface area contributed by atoms with E-state index in [0.717, 1.165) is 23.0 Å². The summed E-state index contributed by atoms with van der Waals surface area (Å²) in [6.07, 6.45) is 4.49. The highest BCUT2D eigenvalue weighted by atomic mass is 32.1. The minimum Gasteiger partial charge on any atom is -0.395 e. The van der Waals surface area contributed by atoms with Crippen LogP contribution in [0.25, 0.3) is 10.9 Å². The molecule has 3 aromatic heterocycles. The smallest absolute Gasteiger partial charge is 0.0588 e. The zero-order valence-electron chi connectivity index (χ0n) is 11.0. The Morgan fingerprint density at radius 2 is 2.35 bits per heavy atom. The Morgan fingerprint density at radius 1 is 1.40 bits per heavy atom. The fourth-order valence-corrected chi connectivity index (χ4v) is 3.04. The molecule has 0 amide bonds. The zero-order valence-corrected chi connectivity index (χ0v) is 11.9. The van der Waals surface area contributed by atoms with Crippen molar-refractivity contribution in [1.29, 1.82) is 0 Å². The van der Waals surface area contributed by atoms with Gasteiger partial charge in [-0.1, -0.05) is 6.07 Å². The van der Waals surface area contributed by atoms with E-state index in [9.17, 15) is 5.11 Å². The van der Waals surface area contributed by atoms with Crippen molar-refractivity contribution >= 4 is 22.2 Å². The fourth-order valence-electron chi connectivity index (χ4n) is 2.25. The number of nitrogens with zero attached hydrogens (tertiary/aromatic N) is 1. The molecule has 3 heterocycles. The molecule has 1 unspecified atom stereocenters. The molecular weight excluding hydrogens is 270 g/mol. The van der Waals surface area contributed by atoms with E-state index in [1.165, 1.54) is 4.88 Å². The molecule has 0 radical (unpaired) electrons. The minimum atomic E-state index is 0.0817. The summed E-state index contributed by atoms with van der Waals surface area (Å²) >= 11 is 1.72. The van der Waals surface area contributed by atoms with Gasteiger partial charge in [-0.25, -0.2) is 0 Å². The van der Waals surface area contributed by atoms with E-state index in [-0.39, 0.29) is 12.6 Å². The Labute approximate surface area is 121 Å². The number of aromatic nitrogens is 2. The van der Waals surface area contributed by atoms with Crippen LogP contribution in [0.2, 0.25) is 0 Å². The molecule has 0 saturated heterocycles. The SMILES string of the molecule is OCC(Cc1cccs1)NCc1cc2cnccc2[nH]1. The van der Waals surface area contributed by atoms with Crippen LogP contribution >= 0.6 is 11.3 Å². The number of thiophene rings is 1. The summed E-state index contributed by atoms with van der Waals surface area (Å²) in [6.45, 7) is 0.852. The molecule has 104 valence electrons. The monoisotopic (exact) mass is 287 g/mol. The molecule has 3 N–H and O–H groups in total. The van der Waals surface area contributed by atoms with Crippen LogP contribution < -0.4 is 5.32 Å². The summed E-state index contributed by atoms with van der Waals surface area (Å²) in [5, 5.41) is 16.0. The second-order valence-electron chi connectivity index (χ2n) is 4.80. The van der Waals surface area contributed by atoms with Crippen molar-refractivity contribution in [3.8, 4) is 0 Å². The summed E-state index contributed by atoms with van der Waals surface area (Å²) in [7, 11) is 0. The first kappa shape index (κ1) is 13.3. The Hall–Kier alpha value is -1.69. The molecule has 0 bridgehead atoms. The van der Waals surface area contributed by atoms with Crippen molar-refractivity contribution < 1.29 is 5.11 Å². The normalized spacial score (nSPS) is 12.8. The maximum Gasteiger partial charge on any atom is 0.0588 e. The molecular formula is C15H17N3OS. The number of hydrogen-bond donors (Lipinski definition) is 3. The highest BCUT2D eigenvalue weighted by Crippen LogP contribution is 2.14. The van der Waals surface area contributed by atoms with E-state index in [4.69, 9.17) is 0 Å². The van der Waals surface area contributed by atoms with Crippen LogP contribution in [-0.2, 0) is 13.0 Å². The van der Waals surface area contributed by atoms with Gasteiger partial charge in [0.2, 0.25) is 0 Å². The molecule has 5 heteroatoms. The maximum atomic E-state index is 9.46. The van der Waals surface area contributed by atoms with Crippen LogP contribution in [0, 0.1) is 0 Å². The molecule has 3 aromatic rings. The molecule has 0 aromatic carbocycles. The average Bonchev–Trinajstić information content (AvgIpc) is 3.12. The number of aliphatic hydroxyl groups is 1. The van der Waals surface area contributed by atoms with E-state index in [0.29, 0.717) is 6.54 Å². The van der Waals surface area contributed by atoms with Crippen molar-refractivity contribution in [2.24, 2.45) is 0 Å². The average molecular weight is 287 g/mol. The lowest BCUT2D eigenvalue weighted by Crippen LogP contribution is -2.33. The fraction of sp³-hybridized carbons (Fsp3) is 0.267. The summed E-state index contributed by atoms with van der Waals surface area (Å²) in [5.41, 5.74) is 2.20. The van der Waals surface area contributed by atoms with Gasteiger partial charge in [0.1, 0.15) is 0 Å². The second kappa shape index (κ2) is 6.17. The van der Waals surface area contributed by atoms with E-state index in [2.05, 4.69) is 32.8 Å². The topological polar surface area (TPSA) is 60.9 Å². The van der Waals surface area contributed by atoms with Crippen molar-refractivity contribution in [2.75, 3.05) is 6.61 Å². The van der Waals surface area contributed by atoms with Gasteiger partial charge in [0.25, 0.3) is 0 Å². The number of aliphatic hydroxyl groups excluding tert-OH is 1. The number of hydrogen-bond acceptors (Lipinski definition) is 4. The van der Waals surface area contributed by atoms with Gasteiger partial charge in [-0.2, -0.15) is 0 Å². The lowest BCUT2D eigenvalue weighted by molar-refractivity contribution is 0.241. The first-order valence-corrected chi connectivity index (χ1v) is 7.51. The van der Waals surface area contributed by atoms with Crippen LogP contribution in [0.15, 0.2) is 42.0 Å². The number of rotatable bonds is 6. The van der Waals surface area contributed by atoms with Crippen molar-refractivity contribution in [1.82, 2.24) is 15.3 Å². The van der Waals surface area contributed by atoms with E-state index < -0.39 is 0 Å².